The zero-order valence-corrected chi connectivity index (χ0v) is 17.5. The summed E-state index contributed by atoms with van der Waals surface area (Å²) in [5.74, 6) is -0.635. The molecule has 156 valence electrons. The van der Waals surface area contributed by atoms with Crippen LogP contribution in [0.5, 0.6) is 0 Å². The first-order chi connectivity index (χ1) is 14.9. The lowest BCUT2D eigenvalue weighted by molar-refractivity contribution is 0.0997. The summed E-state index contributed by atoms with van der Waals surface area (Å²) in [7, 11) is 0. The molecule has 0 aliphatic heterocycles. The van der Waals surface area contributed by atoms with Crippen molar-refractivity contribution in [2.75, 3.05) is 5.32 Å². The predicted molar refractivity (Wildman–Crippen MR) is 119 cm³/mol. The minimum atomic E-state index is -0.983. The molecule has 0 saturated carbocycles. The number of amides is 1. The van der Waals surface area contributed by atoms with Crippen molar-refractivity contribution >= 4 is 34.8 Å². The van der Waals surface area contributed by atoms with E-state index in [-0.39, 0.29) is 10.8 Å². The van der Waals surface area contributed by atoms with Gasteiger partial charge in [-0.15, -0.1) is 0 Å². The minimum absolute atomic E-state index is 0.0411. The van der Waals surface area contributed by atoms with Crippen LogP contribution < -0.4 is 5.32 Å². The van der Waals surface area contributed by atoms with Crippen LogP contribution in [0.15, 0.2) is 83.3 Å². The van der Waals surface area contributed by atoms with Gasteiger partial charge in [-0.25, -0.2) is 4.39 Å². The molecule has 1 heterocycles. The lowest BCUT2D eigenvalue weighted by atomic mass is 10.00. The van der Waals surface area contributed by atoms with E-state index < -0.39 is 17.8 Å². The Morgan fingerprint density at radius 2 is 1.74 bits per heavy atom. The number of furan rings is 1. The average molecular weight is 456 g/mol. The molecule has 0 spiro atoms. The Labute approximate surface area is 187 Å². The maximum atomic E-state index is 13.4. The Morgan fingerprint density at radius 3 is 2.48 bits per heavy atom. The van der Waals surface area contributed by atoms with Crippen molar-refractivity contribution in [3.8, 4) is 11.3 Å². The van der Waals surface area contributed by atoms with Gasteiger partial charge in [0.15, 0.2) is 5.76 Å². The van der Waals surface area contributed by atoms with Crippen LogP contribution in [0.4, 0.5) is 10.1 Å². The van der Waals surface area contributed by atoms with Gasteiger partial charge >= 0.3 is 0 Å². The van der Waals surface area contributed by atoms with E-state index in [0.29, 0.717) is 33.2 Å². The van der Waals surface area contributed by atoms with Crippen LogP contribution in [0.3, 0.4) is 0 Å². The smallest absolute Gasteiger partial charge is 0.291 e. The van der Waals surface area contributed by atoms with Crippen molar-refractivity contribution in [1.29, 1.82) is 0 Å². The van der Waals surface area contributed by atoms with Crippen LogP contribution in [-0.4, -0.2) is 11.0 Å². The Morgan fingerprint density at radius 1 is 0.968 bits per heavy atom. The number of nitrogens with one attached hydrogen (secondary N) is 1. The zero-order valence-electron chi connectivity index (χ0n) is 16.0. The Kier molecular flexibility index (Phi) is 6.09. The number of aliphatic hydroxyl groups excluding tert-OH is 1. The van der Waals surface area contributed by atoms with Gasteiger partial charge in [0.25, 0.3) is 5.91 Å². The summed E-state index contributed by atoms with van der Waals surface area (Å²) in [5, 5.41) is 13.9. The molecule has 4 nitrogen and oxygen atoms in total. The van der Waals surface area contributed by atoms with Crippen molar-refractivity contribution in [3.63, 3.8) is 0 Å². The summed E-state index contributed by atoms with van der Waals surface area (Å²) in [6.07, 6.45) is -0.983. The van der Waals surface area contributed by atoms with Gasteiger partial charge < -0.3 is 14.8 Å². The third-order valence-corrected chi connectivity index (χ3v) is 5.23. The molecule has 31 heavy (non-hydrogen) atoms. The number of aliphatic hydroxyl groups is 1. The third kappa shape index (κ3) is 4.64. The van der Waals surface area contributed by atoms with Crippen molar-refractivity contribution in [2.45, 2.75) is 6.10 Å². The number of halogens is 3. The van der Waals surface area contributed by atoms with Crippen LogP contribution in [0.2, 0.25) is 10.0 Å². The number of rotatable bonds is 5. The van der Waals surface area contributed by atoms with Gasteiger partial charge in [-0.2, -0.15) is 0 Å². The van der Waals surface area contributed by atoms with E-state index in [0.717, 1.165) is 0 Å². The summed E-state index contributed by atoms with van der Waals surface area (Å²) < 4.78 is 19.0. The lowest BCUT2D eigenvalue weighted by Crippen LogP contribution is -2.14. The third-order valence-electron chi connectivity index (χ3n) is 4.71. The highest BCUT2D eigenvalue weighted by Gasteiger charge is 2.19. The minimum Gasteiger partial charge on any atom is -0.451 e. The number of carbonyl (C=O) groups is 1. The molecule has 0 saturated heterocycles. The van der Waals surface area contributed by atoms with Gasteiger partial charge in [-0.3, -0.25) is 4.79 Å². The number of hydrogen-bond donors (Lipinski definition) is 2. The molecule has 0 fully saturated rings. The van der Waals surface area contributed by atoms with E-state index in [2.05, 4.69) is 5.32 Å². The van der Waals surface area contributed by atoms with Gasteiger partial charge in [-0.1, -0.05) is 53.5 Å². The molecule has 7 heteroatoms. The summed E-state index contributed by atoms with van der Waals surface area (Å²) in [4.78, 5) is 12.8. The molecule has 0 unspecified atom stereocenters. The second kappa shape index (κ2) is 8.94. The SMILES string of the molecule is O=C(Nc1ccc(Cl)cc1[C@@H](O)c1ccccc1)c1ccc(-c2ccc(F)c(Cl)c2)o1. The summed E-state index contributed by atoms with van der Waals surface area (Å²) >= 11 is 11.9. The molecular weight excluding hydrogens is 440 g/mol. The lowest BCUT2D eigenvalue weighted by Gasteiger charge is -2.17. The van der Waals surface area contributed by atoms with Gasteiger partial charge in [0.2, 0.25) is 0 Å². The van der Waals surface area contributed by atoms with Crippen molar-refractivity contribution < 1.29 is 18.7 Å². The molecule has 0 radical (unpaired) electrons. The number of hydrogen-bond acceptors (Lipinski definition) is 3. The fourth-order valence-electron chi connectivity index (χ4n) is 3.14. The molecule has 2 N–H and O–H groups in total. The first-order valence-electron chi connectivity index (χ1n) is 9.31. The monoisotopic (exact) mass is 455 g/mol. The largest absolute Gasteiger partial charge is 0.451 e. The highest BCUT2D eigenvalue weighted by atomic mass is 35.5. The van der Waals surface area contributed by atoms with E-state index in [1.54, 1.807) is 36.4 Å². The molecule has 1 aromatic heterocycles. The molecule has 4 aromatic rings. The van der Waals surface area contributed by atoms with E-state index >= 15 is 0 Å². The first kappa shape index (κ1) is 21.1. The van der Waals surface area contributed by atoms with E-state index in [1.165, 1.54) is 24.3 Å². The molecule has 0 aliphatic rings. The second-order valence-corrected chi connectivity index (χ2v) is 7.64. The first-order valence-corrected chi connectivity index (χ1v) is 10.1. The molecule has 0 aliphatic carbocycles. The fourth-order valence-corrected chi connectivity index (χ4v) is 3.50. The Balaban J connectivity index is 1.59. The van der Waals surface area contributed by atoms with Crippen LogP contribution in [-0.2, 0) is 0 Å². The van der Waals surface area contributed by atoms with Gasteiger partial charge in [-0.05, 0) is 54.1 Å². The number of carbonyl (C=O) groups excluding carboxylic acids is 1. The van der Waals surface area contributed by atoms with E-state index in [4.69, 9.17) is 27.6 Å². The molecule has 4 rings (SSSR count). The van der Waals surface area contributed by atoms with E-state index in [1.807, 2.05) is 18.2 Å². The maximum Gasteiger partial charge on any atom is 0.291 e. The highest BCUT2D eigenvalue weighted by molar-refractivity contribution is 6.31. The Bertz CT molecular complexity index is 1240. The van der Waals surface area contributed by atoms with Crippen LogP contribution in [0, 0.1) is 5.82 Å². The summed E-state index contributed by atoms with van der Waals surface area (Å²) in [5.41, 5.74) is 2.04. The highest BCUT2D eigenvalue weighted by Crippen LogP contribution is 2.32. The van der Waals surface area contributed by atoms with Crippen LogP contribution >= 0.6 is 23.2 Å². The van der Waals surface area contributed by atoms with Gasteiger partial charge in [0.1, 0.15) is 17.7 Å². The summed E-state index contributed by atoms with van der Waals surface area (Å²) in [6, 6.07) is 21.1. The maximum absolute atomic E-state index is 13.4. The van der Waals surface area contributed by atoms with Crippen molar-refractivity contribution in [1.82, 2.24) is 0 Å². The molecule has 1 atom stereocenters. The molecule has 3 aromatic carbocycles. The van der Waals surface area contributed by atoms with E-state index in [9.17, 15) is 14.3 Å². The molecular formula is C24H16Cl2FNO3. The van der Waals surface area contributed by atoms with Crippen molar-refractivity contribution in [2.24, 2.45) is 0 Å². The molecule has 0 bridgehead atoms. The quantitative estimate of drug-likeness (QED) is 0.350. The number of anilines is 1. The number of benzene rings is 3. The van der Waals surface area contributed by atoms with Crippen LogP contribution in [0.25, 0.3) is 11.3 Å². The van der Waals surface area contributed by atoms with Crippen LogP contribution in [0.1, 0.15) is 27.8 Å². The average Bonchev–Trinajstić information content (AvgIpc) is 3.27. The zero-order chi connectivity index (χ0) is 22.0. The topological polar surface area (TPSA) is 62.5 Å². The standard InChI is InChI=1S/C24H16Cl2FNO3/c25-16-7-9-20(17(13-16)23(29)14-4-2-1-3-5-14)28-24(30)22-11-10-21(31-22)15-6-8-19(27)18(26)12-15/h1-13,23,29H,(H,28,30)/t23-/m0/s1. The van der Waals surface area contributed by atoms with Crippen molar-refractivity contribution in [3.05, 3.63) is 112 Å². The Hall–Kier alpha value is -3.12. The normalized spacial score (nSPS) is 11.9. The van der Waals surface area contributed by atoms with Gasteiger partial charge in [0.05, 0.1) is 5.02 Å². The fraction of sp³-hybridized carbons (Fsp3) is 0.0417. The molecule has 1 amide bonds. The predicted octanol–water partition coefficient (Wildman–Crippen LogP) is 6.73. The summed E-state index contributed by atoms with van der Waals surface area (Å²) in [6.45, 7) is 0. The second-order valence-electron chi connectivity index (χ2n) is 6.79. The van der Waals surface area contributed by atoms with Gasteiger partial charge in [0, 0.05) is 21.8 Å².